The second-order valence-corrected chi connectivity index (χ2v) is 15.3. The Kier molecular flexibility index (Phi) is 8.39. The Morgan fingerprint density at radius 2 is 1.58 bits per heavy atom. The molecular formula is C36H29Cl2F2N3O6S. The minimum Gasteiger partial charge on any atom is -0.477 e. The largest absolute Gasteiger partial charge is 0.477 e. The summed E-state index contributed by atoms with van der Waals surface area (Å²) >= 11 is 12.9. The molecule has 1 aliphatic carbocycles. The van der Waals surface area contributed by atoms with Gasteiger partial charge in [0.2, 0.25) is 11.8 Å². The van der Waals surface area contributed by atoms with Crippen molar-refractivity contribution in [3.63, 3.8) is 0 Å². The van der Waals surface area contributed by atoms with Gasteiger partial charge in [0.15, 0.2) is 5.60 Å². The maximum absolute atomic E-state index is 14.8. The predicted octanol–water partition coefficient (Wildman–Crippen LogP) is 6.62. The summed E-state index contributed by atoms with van der Waals surface area (Å²) in [6, 6.07) is 16.6. The van der Waals surface area contributed by atoms with Gasteiger partial charge in [-0.05, 0) is 110 Å². The first-order valence-electron chi connectivity index (χ1n) is 15.7. The van der Waals surface area contributed by atoms with Crippen molar-refractivity contribution in [1.82, 2.24) is 10.0 Å². The van der Waals surface area contributed by atoms with E-state index in [2.05, 4.69) is 15.4 Å². The lowest BCUT2D eigenvalue weighted by Gasteiger charge is -2.47. The van der Waals surface area contributed by atoms with Crippen molar-refractivity contribution >= 4 is 56.6 Å². The summed E-state index contributed by atoms with van der Waals surface area (Å²) in [7, 11) is -4.40. The minimum absolute atomic E-state index is 0.104. The molecule has 0 radical (unpaired) electrons. The van der Waals surface area contributed by atoms with Gasteiger partial charge in [-0.3, -0.25) is 14.4 Å². The van der Waals surface area contributed by atoms with E-state index in [0.29, 0.717) is 39.4 Å². The summed E-state index contributed by atoms with van der Waals surface area (Å²) in [5, 5.41) is 6.48. The Labute approximate surface area is 296 Å². The molecule has 3 N–H and O–H groups in total. The minimum atomic E-state index is -4.40. The van der Waals surface area contributed by atoms with E-state index >= 15 is 0 Å². The molecule has 3 amide bonds. The Balaban J connectivity index is 1.36. The monoisotopic (exact) mass is 739 g/mol. The maximum atomic E-state index is 14.8. The number of carbonyl (C=O) groups is 3. The van der Waals surface area contributed by atoms with E-state index in [1.807, 2.05) is 0 Å². The predicted molar refractivity (Wildman–Crippen MR) is 182 cm³/mol. The van der Waals surface area contributed by atoms with Crippen LogP contribution in [0.4, 0.5) is 14.5 Å². The van der Waals surface area contributed by atoms with Crippen LogP contribution in [-0.4, -0.2) is 31.7 Å². The van der Waals surface area contributed by atoms with Gasteiger partial charge in [0, 0.05) is 33.6 Å². The van der Waals surface area contributed by atoms with Crippen molar-refractivity contribution in [2.75, 3.05) is 5.32 Å². The first-order chi connectivity index (χ1) is 23.7. The number of rotatable bonds is 7. The van der Waals surface area contributed by atoms with Gasteiger partial charge in [0.1, 0.15) is 22.8 Å². The van der Waals surface area contributed by atoms with Crippen LogP contribution in [0.2, 0.25) is 10.0 Å². The molecule has 2 aliphatic heterocycles. The quantitative estimate of drug-likeness (QED) is 0.195. The fraction of sp³-hybridized carbons (Fsp3) is 0.250. The number of aryl methyl sites for hydroxylation is 1. The van der Waals surface area contributed by atoms with Crippen molar-refractivity contribution in [2.24, 2.45) is 0 Å². The van der Waals surface area contributed by atoms with Crippen molar-refractivity contribution in [3.8, 4) is 5.75 Å². The van der Waals surface area contributed by atoms with Crippen LogP contribution in [-0.2, 0) is 29.8 Å². The second-order valence-electron chi connectivity index (χ2n) is 12.8. The summed E-state index contributed by atoms with van der Waals surface area (Å²) in [6.45, 7) is 1.75. The Bertz CT molecular complexity index is 2200. The van der Waals surface area contributed by atoms with Gasteiger partial charge in [-0.25, -0.2) is 21.9 Å². The maximum Gasteiger partial charge on any atom is 0.277 e. The van der Waals surface area contributed by atoms with E-state index in [4.69, 9.17) is 27.9 Å². The molecule has 3 atom stereocenters. The van der Waals surface area contributed by atoms with Gasteiger partial charge in [-0.2, -0.15) is 0 Å². The van der Waals surface area contributed by atoms with Crippen molar-refractivity contribution in [3.05, 3.63) is 123 Å². The van der Waals surface area contributed by atoms with Gasteiger partial charge in [-0.15, -0.1) is 0 Å². The first kappa shape index (κ1) is 34.0. The topological polar surface area (TPSA) is 131 Å². The Morgan fingerprint density at radius 1 is 0.900 bits per heavy atom. The molecule has 9 nitrogen and oxygen atoms in total. The van der Waals surface area contributed by atoms with Crippen LogP contribution in [0.1, 0.15) is 59.9 Å². The highest BCUT2D eigenvalue weighted by atomic mass is 35.5. The Hall–Kier alpha value is -4.52. The number of sulfonamides is 1. The Morgan fingerprint density at radius 3 is 2.28 bits per heavy atom. The van der Waals surface area contributed by atoms with E-state index in [9.17, 15) is 31.6 Å². The van der Waals surface area contributed by atoms with E-state index in [-0.39, 0.29) is 34.9 Å². The zero-order chi connectivity index (χ0) is 35.6. The standard InChI is InChI=1S/C36H29Cl2F2N3O6S/c1-19-3-6-23(40)17-25(19)32-36(27-11-4-21(38)16-29(27)41-34(36)46)28(18-31(44)42-32)26-15-20(37)5-12-30(26)49-35(13-2-14-35)33(45)43-50(47,48)24-9-7-22(39)8-10-24/h3-12,15-17,28,32H,2,13-14,18H2,1H3,(H,41,46)(H,42,44)(H,43,45)/t28-,32+,36-/m1/s1. The van der Waals surface area contributed by atoms with Crippen LogP contribution in [0.3, 0.4) is 0 Å². The average molecular weight is 741 g/mol. The SMILES string of the molecule is Cc1ccc(F)cc1[C@@H]1NC(=O)C[C@H](c2cc(Cl)ccc2OC2(C(=O)NS(=O)(=O)c3ccc(F)cc3)CCC2)[C@@]12C(=O)Nc1cc(Cl)ccc12. The number of piperidine rings is 1. The highest BCUT2D eigenvalue weighted by molar-refractivity contribution is 7.90. The molecule has 0 bridgehead atoms. The van der Waals surface area contributed by atoms with Crippen molar-refractivity contribution in [1.29, 1.82) is 0 Å². The van der Waals surface area contributed by atoms with Gasteiger partial charge in [-0.1, -0.05) is 35.3 Å². The smallest absolute Gasteiger partial charge is 0.277 e. The van der Waals surface area contributed by atoms with Crippen LogP contribution in [0.25, 0.3) is 0 Å². The fourth-order valence-electron chi connectivity index (χ4n) is 7.30. The van der Waals surface area contributed by atoms with Crippen molar-refractivity contribution in [2.45, 2.75) is 60.5 Å². The molecule has 2 heterocycles. The summed E-state index contributed by atoms with van der Waals surface area (Å²) in [4.78, 5) is 41.6. The summed E-state index contributed by atoms with van der Waals surface area (Å²) in [6.07, 6.45) is 0.626. The number of hydrogen-bond donors (Lipinski definition) is 3. The van der Waals surface area contributed by atoms with E-state index in [0.717, 1.165) is 24.3 Å². The number of halogens is 4. The lowest BCUT2D eigenvalue weighted by molar-refractivity contribution is -0.142. The molecule has 2 fully saturated rings. The summed E-state index contributed by atoms with van der Waals surface area (Å²) in [5.41, 5.74) is -0.998. The van der Waals surface area contributed by atoms with E-state index in [1.165, 1.54) is 24.3 Å². The van der Waals surface area contributed by atoms with Crippen LogP contribution in [0.5, 0.6) is 5.75 Å². The number of fused-ring (bicyclic) bond motifs is 2. The molecule has 0 unspecified atom stereocenters. The molecule has 7 rings (SSSR count). The summed E-state index contributed by atoms with van der Waals surface area (Å²) < 4.78 is 63.1. The molecule has 50 heavy (non-hydrogen) atoms. The van der Waals surface area contributed by atoms with E-state index < -0.39 is 62.4 Å². The molecule has 1 saturated carbocycles. The molecule has 1 spiro atoms. The lowest BCUT2D eigenvalue weighted by atomic mass is 9.59. The zero-order valence-corrected chi connectivity index (χ0v) is 28.7. The number of benzene rings is 4. The highest BCUT2D eigenvalue weighted by Gasteiger charge is 2.62. The van der Waals surface area contributed by atoms with Crippen LogP contribution < -0.4 is 20.1 Å². The third kappa shape index (κ3) is 5.59. The van der Waals surface area contributed by atoms with Crippen LogP contribution >= 0.6 is 23.2 Å². The molecule has 258 valence electrons. The average Bonchev–Trinajstić information content (AvgIpc) is 3.32. The molecule has 14 heteroatoms. The number of nitrogens with one attached hydrogen (secondary N) is 3. The van der Waals surface area contributed by atoms with Gasteiger partial charge < -0.3 is 15.4 Å². The lowest BCUT2D eigenvalue weighted by Crippen LogP contribution is -2.58. The van der Waals surface area contributed by atoms with Gasteiger partial charge in [0.25, 0.3) is 15.9 Å². The third-order valence-electron chi connectivity index (χ3n) is 9.88. The number of carbonyl (C=O) groups excluding carboxylic acids is 3. The summed E-state index contributed by atoms with van der Waals surface area (Å²) in [5.74, 6) is -3.94. The number of anilines is 1. The molecule has 3 aliphatic rings. The first-order valence-corrected chi connectivity index (χ1v) is 18.0. The molecule has 1 saturated heterocycles. The second kappa shape index (κ2) is 12.4. The third-order valence-corrected chi connectivity index (χ3v) is 11.7. The van der Waals surface area contributed by atoms with Crippen LogP contribution in [0.15, 0.2) is 83.8 Å². The molecule has 0 aromatic heterocycles. The highest BCUT2D eigenvalue weighted by Crippen LogP contribution is 2.59. The number of ether oxygens (including phenoxy) is 1. The molecule has 4 aromatic carbocycles. The van der Waals surface area contributed by atoms with Crippen molar-refractivity contribution < 1.29 is 36.3 Å². The van der Waals surface area contributed by atoms with Gasteiger partial charge >= 0.3 is 0 Å². The number of amides is 3. The van der Waals surface area contributed by atoms with Crippen LogP contribution in [0, 0.1) is 18.6 Å². The number of hydrogen-bond acceptors (Lipinski definition) is 6. The van der Waals surface area contributed by atoms with Gasteiger partial charge in [0.05, 0.1) is 10.9 Å². The normalized spacial score (nSPS) is 22.3. The molecule has 4 aromatic rings. The van der Waals surface area contributed by atoms with E-state index in [1.54, 1.807) is 37.3 Å². The fourth-order valence-corrected chi connectivity index (χ4v) is 8.69. The molecular weight excluding hydrogens is 711 g/mol. The zero-order valence-electron chi connectivity index (χ0n) is 26.4.